The molecule has 7 nitrogen and oxygen atoms in total. The van der Waals surface area contributed by atoms with Crippen LogP contribution in [0.1, 0.15) is 6.92 Å². The fourth-order valence-electron chi connectivity index (χ4n) is 2.08. The number of halogens is 1. The molecule has 1 aliphatic heterocycles. The third-order valence-electron chi connectivity index (χ3n) is 3.32. The minimum atomic E-state index is -0.543. The highest BCUT2D eigenvalue weighted by molar-refractivity contribution is 6.33. The Labute approximate surface area is 121 Å². The van der Waals surface area contributed by atoms with Crippen LogP contribution in [-0.2, 0) is 16.1 Å². The number of hydrogen-bond donors (Lipinski definition) is 1. The standard InChI is InChI=1S/C12H17ClN4O3/c1-3-16(8-4-14-5-8)9-6-15-17(7-10(18)20-2)12(19)11(9)13/h6,8,14H,3-5,7H2,1-2H3. The molecule has 1 aromatic heterocycles. The lowest BCUT2D eigenvalue weighted by molar-refractivity contribution is -0.141. The Kier molecular flexibility index (Phi) is 4.61. The number of rotatable bonds is 5. The Bertz CT molecular complexity index is 556. The van der Waals surface area contributed by atoms with Crippen LogP contribution in [-0.4, -0.2) is 48.5 Å². The summed E-state index contributed by atoms with van der Waals surface area (Å²) >= 11 is 6.14. The first kappa shape index (κ1) is 14.8. The zero-order valence-electron chi connectivity index (χ0n) is 11.4. The number of aromatic nitrogens is 2. The van der Waals surface area contributed by atoms with Crippen molar-refractivity contribution < 1.29 is 9.53 Å². The fourth-order valence-corrected chi connectivity index (χ4v) is 2.33. The first-order chi connectivity index (χ1) is 9.58. The first-order valence-electron chi connectivity index (χ1n) is 6.38. The number of anilines is 1. The summed E-state index contributed by atoms with van der Waals surface area (Å²) in [5, 5.41) is 7.25. The summed E-state index contributed by atoms with van der Waals surface area (Å²) < 4.78 is 5.52. The van der Waals surface area contributed by atoms with Crippen LogP contribution < -0.4 is 15.8 Å². The van der Waals surface area contributed by atoms with Crippen molar-refractivity contribution in [2.45, 2.75) is 19.5 Å². The normalized spacial score (nSPS) is 14.8. The van der Waals surface area contributed by atoms with Gasteiger partial charge < -0.3 is 15.0 Å². The molecule has 8 heteroatoms. The average Bonchev–Trinajstić information content (AvgIpc) is 2.39. The van der Waals surface area contributed by atoms with E-state index in [-0.39, 0.29) is 11.6 Å². The molecule has 1 aromatic rings. The van der Waals surface area contributed by atoms with Crippen molar-refractivity contribution in [1.82, 2.24) is 15.1 Å². The van der Waals surface area contributed by atoms with Crippen LogP contribution >= 0.6 is 11.6 Å². The van der Waals surface area contributed by atoms with Crippen LogP contribution in [0.15, 0.2) is 11.0 Å². The van der Waals surface area contributed by atoms with Crippen LogP contribution in [0.3, 0.4) is 0 Å². The lowest BCUT2D eigenvalue weighted by Crippen LogP contribution is -2.57. The molecule has 1 fully saturated rings. The maximum Gasteiger partial charge on any atom is 0.327 e. The second kappa shape index (κ2) is 6.23. The van der Waals surface area contributed by atoms with E-state index in [2.05, 4.69) is 15.2 Å². The largest absolute Gasteiger partial charge is 0.468 e. The van der Waals surface area contributed by atoms with Gasteiger partial charge in [0.05, 0.1) is 25.0 Å². The zero-order valence-corrected chi connectivity index (χ0v) is 12.2. The highest BCUT2D eigenvalue weighted by atomic mass is 35.5. The van der Waals surface area contributed by atoms with E-state index in [4.69, 9.17) is 11.6 Å². The topological polar surface area (TPSA) is 76.5 Å². The number of methoxy groups -OCH3 is 1. The molecule has 1 N–H and O–H groups in total. The van der Waals surface area contributed by atoms with Gasteiger partial charge in [0.25, 0.3) is 5.56 Å². The first-order valence-corrected chi connectivity index (χ1v) is 6.76. The number of nitrogens with zero attached hydrogens (tertiary/aromatic N) is 3. The molecule has 0 bridgehead atoms. The molecule has 2 heterocycles. The number of carbonyl (C=O) groups excluding carboxylic acids is 1. The van der Waals surface area contributed by atoms with Gasteiger partial charge in [-0.1, -0.05) is 11.6 Å². The van der Waals surface area contributed by atoms with E-state index in [0.29, 0.717) is 11.7 Å². The quantitative estimate of drug-likeness (QED) is 0.763. The molecule has 110 valence electrons. The molecule has 0 amide bonds. The molecule has 0 aliphatic carbocycles. The monoisotopic (exact) mass is 300 g/mol. The van der Waals surface area contributed by atoms with Crippen molar-refractivity contribution in [2.75, 3.05) is 31.6 Å². The van der Waals surface area contributed by atoms with Gasteiger partial charge in [-0.05, 0) is 6.92 Å². The highest BCUT2D eigenvalue weighted by Crippen LogP contribution is 2.24. The predicted octanol–water partition coefficient (Wildman–Crippen LogP) is -0.132. The van der Waals surface area contributed by atoms with Crippen molar-refractivity contribution in [3.05, 3.63) is 21.6 Å². The van der Waals surface area contributed by atoms with E-state index in [1.165, 1.54) is 13.3 Å². The molecule has 20 heavy (non-hydrogen) atoms. The van der Waals surface area contributed by atoms with Gasteiger partial charge in [0, 0.05) is 19.6 Å². The average molecular weight is 301 g/mol. The third kappa shape index (κ3) is 2.78. The molecule has 0 spiro atoms. The number of nitrogens with one attached hydrogen (secondary N) is 1. The Balaban J connectivity index is 2.30. The Morgan fingerprint density at radius 1 is 1.65 bits per heavy atom. The van der Waals surface area contributed by atoms with Gasteiger partial charge >= 0.3 is 5.97 Å². The Morgan fingerprint density at radius 2 is 2.35 bits per heavy atom. The number of carbonyl (C=O) groups is 1. The van der Waals surface area contributed by atoms with E-state index in [9.17, 15) is 9.59 Å². The molecule has 0 aromatic carbocycles. The highest BCUT2D eigenvalue weighted by Gasteiger charge is 2.26. The van der Waals surface area contributed by atoms with Gasteiger partial charge in [-0.25, -0.2) is 4.68 Å². The van der Waals surface area contributed by atoms with Gasteiger partial charge in [0.2, 0.25) is 0 Å². The third-order valence-corrected chi connectivity index (χ3v) is 3.68. The summed E-state index contributed by atoms with van der Waals surface area (Å²) in [5.74, 6) is -0.543. The van der Waals surface area contributed by atoms with Crippen LogP contribution in [0.5, 0.6) is 0 Å². The molecular formula is C12H17ClN4O3. The molecule has 0 atom stereocenters. The summed E-state index contributed by atoms with van der Waals surface area (Å²) in [4.78, 5) is 25.3. The summed E-state index contributed by atoms with van der Waals surface area (Å²) in [6.07, 6.45) is 1.52. The smallest absolute Gasteiger partial charge is 0.327 e. The van der Waals surface area contributed by atoms with Crippen LogP contribution in [0.25, 0.3) is 0 Å². The van der Waals surface area contributed by atoms with Crippen LogP contribution in [0.4, 0.5) is 5.69 Å². The second-order valence-corrected chi connectivity index (χ2v) is 4.86. The van der Waals surface area contributed by atoms with Crippen LogP contribution in [0, 0.1) is 0 Å². The van der Waals surface area contributed by atoms with Crippen molar-refractivity contribution >= 4 is 23.3 Å². The van der Waals surface area contributed by atoms with Gasteiger partial charge in [-0.2, -0.15) is 5.10 Å². The van der Waals surface area contributed by atoms with E-state index in [0.717, 1.165) is 24.3 Å². The molecule has 1 saturated heterocycles. The lowest BCUT2D eigenvalue weighted by Gasteiger charge is -2.39. The number of ether oxygens (including phenoxy) is 1. The van der Waals surface area contributed by atoms with E-state index < -0.39 is 11.5 Å². The number of esters is 1. The molecule has 2 rings (SSSR count). The van der Waals surface area contributed by atoms with Gasteiger partial charge in [0.1, 0.15) is 11.6 Å². The molecule has 0 radical (unpaired) electrons. The van der Waals surface area contributed by atoms with Crippen molar-refractivity contribution in [3.8, 4) is 0 Å². The Hall–Kier alpha value is -1.60. The van der Waals surface area contributed by atoms with Gasteiger partial charge in [0.15, 0.2) is 0 Å². The minimum Gasteiger partial charge on any atom is -0.468 e. The van der Waals surface area contributed by atoms with Crippen molar-refractivity contribution in [3.63, 3.8) is 0 Å². The second-order valence-electron chi connectivity index (χ2n) is 4.48. The molecule has 0 saturated carbocycles. The van der Waals surface area contributed by atoms with Gasteiger partial charge in [-0.15, -0.1) is 0 Å². The number of hydrogen-bond acceptors (Lipinski definition) is 6. The zero-order chi connectivity index (χ0) is 14.7. The number of likely N-dealkylation sites (N-methyl/N-ethyl adjacent to an activating group) is 1. The van der Waals surface area contributed by atoms with Crippen molar-refractivity contribution in [2.24, 2.45) is 0 Å². The molecular weight excluding hydrogens is 284 g/mol. The van der Waals surface area contributed by atoms with Crippen molar-refractivity contribution in [1.29, 1.82) is 0 Å². The molecule has 0 unspecified atom stereocenters. The Morgan fingerprint density at radius 3 is 2.85 bits per heavy atom. The summed E-state index contributed by atoms with van der Waals surface area (Å²) in [5.41, 5.74) is 0.118. The predicted molar refractivity (Wildman–Crippen MR) is 75.2 cm³/mol. The summed E-state index contributed by atoms with van der Waals surface area (Å²) in [6.45, 7) is 4.19. The van der Waals surface area contributed by atoms with E-state index in [1.54, 1.807) is 0 Å². The molecule has 1 aliphatic rings. The lowest BCUT2D eigenvalue weighted by atomic mass is 10.1. The summed E-state index contributed by atoms with van der Waals surface area (Å²) in [6, 6.07) is 0.315. The maximum atomic E-state index is 12.1. The minimum absolute atomic E-state index is 0.0812. The van der Waals surface area contributed by atoms with E-state index in [1.807, 2.05) is 11.8 Å². The van der Waals surface area contributed by atoms with E-state index >= 15 is 0 Å². The summed E-state index contributed by atoms with van der Waals surface area (Å²) in [7, 11) is 1.26. The SMILES string of the molecule is CCN(c1cnn(CC(=O)OC)c(=O)c1Cl)C1CNC1. The van der Waals surface area contributed by atoms with Gasteiger partial charge in [-0.3, -0.25) is 9.59 Å². The maximum absolute atomic E-state index is 12.1. The van der Waals surface area contributed by atoms with Crippen LogP contribution in [0.2, 0.25) is 5.02 Å². The fraction of sp³-hybridized carbons (Fsp3) is 0.583.